The Morgan fingerprint density at radius 2 is 1.71 bits per heavy atom. The summed E-state index contributed by atoms with van der Waals surface area (Å²) in [5.41, 5.74) is 5.06. The third-order valence-electron chi connectivity index (χ3n) is 3.46. The van der Waals surface area contributed by atoms with Crippen LogP contribution >= 0.6 is 0 Å². The molecule has 0 radical (unpaired) electrons. The zero-order valence-electron chi connectivity index (χ0n) is 11.5. The van der Waals surface area contributed by atoms with Crippen LogP contribution in [0.4, 0.5) is 0 Å². The van der Waals surface area contributed by atoms with E-state index in [4.69, 9.17) is 9.78 Å². The van der Waals surface area contributed by atoms with Crippen LogP contribution in [0.3, 0.4) is 0 Å². The lowest BCUT2D eigenvalue weighted by Crippen LogP contribution is -2.31. The molecule has 0 amide bonds. The van der Waals surface area contributed by atoms with Gasteiger partial charge < -0.3 is 0 Å². The van der Waals surface area contributed by atoms with Gasteiger partial charge >= 0.3 is 0 Å². The third kappa shape index (κ3) is 2.70. The molecule has 2 nitrogen and oxygen atoms in total. The number of hydrogen-bond acceptors (Lipinski definition) is 2. The molecule has 2 rings (SSSR count). The van der Waals surface area contributed by atoms with Crippen LogP contribution in [0.25, 0.3) is 0 Å². The van der Waals surface area contributed by atoms with E-state index in [1.807, 2.05) is 0 Å². The lowest BCUT2D eigenvalue weighted by atomic mass is 9.90. The number of rotatable bonds is 1. The SMILES string of the molecule is Cc1cc(C)c(C2CCC(C)(C)OO2)c(C)c1. The van der Waals surface area contributed by atoms with Crippen molar-refractivity contribution in [2.75, 3.05) is 0 Å². The van der Waals surface area contributed by atoms with Gasteiger partial charge in [0.15, 0.2) is 0 Å². The van der Waals surface area contributed by atoms with E-state index in [2.05, 4.69) is 46.8 Å². The summed E-state index contributed by atoms with van der Waals surface area (Å²) in [5.74, 6) is 0. The van der Waals surface area contributed by atoms with Crippen molar-refractivity contribution in [3.63, 3.8) is 0 Å². The van der Waals surface area contributed by atoms with E-state index in [9.17, 15) is 0 Å². The van der Waals surface area contributed by atoms with Crippen LogP contribution in [-0.4, -0.2) is 5.60 Å². The monoisotopic (exact) mass is 234 g/mol. The average Bonchev–Trinajstić information content (AvgIpc) is 2.19. The first kappa shape index (κ1) is 12.6. The Labute approximate surface area is 104 Å². The number of benzene rings is 1. The maximum Gasteiger partial charge on any atom is 0.119 e. The fraction of sp³-hybridized carbons (Fsp3) is 0.600. The summed E-state index contributed by atoms with van der Waals surface area (Å²) in [6.07, 6.45) is 2.14. The van der Waals surface area contributed by atoms with Gasteiger partial charge in [-0.15, -0.1) is 0 Å². The summed E-state index contributed by atoms with van der Waals surface area (Å²) >= 11 is 0. The Morgan fingerprint density at radius 1 is 1.12 bits per heavy atom. The van der Waals surface area contributed by atoms with Gasteiger partial charge in [0.2, 0.25) is 0 Å². The predicted octanol–water partition coefficient (Wildman–Crippen LogP) is 4.17. The van der Waals surface area contributed by atoms with E-state index in [0.29, 0.717) is 0 Å². The van der Waals surface area contributed by atoms with Gasteiger partial charge in [0.05, 0.1) is 5.60 Å². The molecule has 0 spiro atoms. The minimum atomic E-state index is -0.150. The predicted molar refractivity (Wildman–Crippen MR) is 68.9 cm³/mol. The molecule has 1 unspecified atom stereocenters. The Bertz CT molecular complexity index is 388. The van der Waals surface area contributed by atoms with E-state index in [1.54, 1.807) is 0 Å². The highest BCUT2D eigenvalue weighted by atomic mass is 17.2. The highest BCUT2D eigenvalue weighted by Crippen LogP contribution is 2.37. The van der Waals surface area contributed by atoms with Gasteiger partial charge in [-0.25, -0.2) is 9.78 Å². The molecule has 1 atom stereocenters. The van der Waals surface area contributed by atoms with Gasteiger partial charge in [-0.05, 0) is 64.2 Å². The summed E-state index contributed by atoms with van der Waals surface area (Å²) in [4.78, 5) is 11.1. The van der Waals surface area contributed by atoms with Crippen molar-refractivity contribution in [1.82, 2.24) is 0 Å². The van der Waals surface area contributed by atoms with Crippen LogP contribution in [0, 0.1) is 20.8 Å². The van der Waals surface area contributed by atoms with Crippen LogP contribution in [0.15, 0.2) is 12.1 Å². The maximum atomic E-state index is 5.58. The average molecular weight is 234 g/mol. The molecule has 1 aromatic rings. The summed E-state index contributed by atoms with van der Waals surface area (Å²) < 4.78 is 0. The molecule has 1 aliphatic heterocycles. The fourth-order valence-corrected chi connectivity index (χ4v) is 2.65. The molecule has 0 aromatic heterocycles. The first-order valence-electron chi connectivity index (χ1n) is 6.31. The zero-order valence-corrected chi connectivity index (χ0v) is 11.5. The molecule has 1 heterocycles. The molecular formula is C15H22O2. The summed E-state index contributed by atoms with van der Waals surface area (Å²) in [6, 6.07) is 4.43. The lowest BCUT2D eigenvalue weighted by Gasteiger charge is -2.34. The van der Waals surface area contributed by atoms with Gasteiger partial charge in [0.1, 0.15) is 6.10 Å². The molecule has 1 fully saturated rings. The van der Waals surface area contributed by atoms with Crippen molar-refractivity contribution in [2.24, 2.45) is 0 Å². The second-order valence-corrected chi connectivity index (χ2v) is 5.78. The minimum Gasteiger partial charge on any atom is -0.230 e. The van der Waals surface area contributed by atoms with Crippen LogP contribution in [-0.2, 0) is 9.78 Å². The van der Waals surface area contributed by atoms with Gasteiger partial charge in [0, 0.05) is 0 Å². The second-order valence-electron chi connectivity index (χ2n) is 5.78. The van der Waals surface area contributed by atoms with Crippen LogP contribution in [0.5, 0.6) is 0 Å². The largest absolute Gasteiger partial charge is 0.230 e. The van der Waals surface area contributed by atoms with E-state index in [1.165, 1.54) is 22.3 Å². The number of hydrogen-bond donors (Lipinski definition) is 0. The molecule has 94 valence electrons. The quantitative estimate of drug-likeness (QED) is 0.679. The lowest BCUT2D eigenvalue weighted by molar-refractivity contribution is -0.404. The Kier molecular flexibility index (Phi) is 3.28. The third-order valence-corrected chi connectivity index (χ3v) is 3.46. The molecule has 1 aliphatic rings. The molecule has 0 bridgehead atoms. The summed E-state index contributed by atoms with van der Waals surface area (Å²) in [6.45, 7) is 10.6. The van der Waals surface area contributed by atoms with Crippen molar-refractivity contribution in [3.8, 4) is 0 Å². The topological polar surface area (TPSA) is 18.5 Å². The highest BCUT2D eigenvalue weighted by molar-refractivity contribution is 5.39. The van der Waals surface area contributed by atoms with E-state index in [-0.39, 0.29) is 11.7 Å². The van der Waals surface area contributed by atoms with Gasteiger partial charge in [-0.3, -0.25) is 0 Å². The van der Waals surface area contributed by atoms with Crippen molar-refractivity contribution in [2.45, 2.75) is 59.2 Å². The molecular weight excluding hydrogens is 212 g/mol. The molecule has 2 heteroatoms. The minimum absolute atomic E-state index is 0.0867. The molecule has 1 aromatic carbocycles. The summed E-state index contributed by atoms with van der Waals surface area (Å²) in [7, 11) is 0. The van der Waals surface area contributed by atoms with Gasteiger partial charge in [0.25, 0.3) is 0 Å². The fourth-order valence-electron chi connectivity index (χ4n) is 2.65. The molecule has 17 heavy (non-hydrogen) atoms. The standard InChI is InChI=1S/C15H22O2/c1-10-8-11(2)14(12(3)9-10)13-6-7-15(4,5)17-16-13/h8-9,13H,6-7H2,1-5H3. The molecule has 0 N–H and O–H groups in total. The van der Waals surface area contributed by atoms with Gasteiger partial charge in [-0.2, -0.15) is 0 Å². The highest BCUT2D eigenvalue weighted by Gasteiger charge is 2.31. The second kappa shape index (κ2) is 4.43. The van der Waals surface area contributed by atoms with Crippen molar-refractivity contribution < 1.29 is 9.78 Å². The molecule has 1 saturated heterocycles. The van der Waals surface area contributed by atoms with Gasteiger partial charge in [-0.1, -0.05) is 17.7 Å². The Morgan fingerprint density at radius 3 is 2.18 bits per heavy atom. The maximum absolute atomic E-state index is 5.58. The Balaban J connectivity index is 2.24. The first-order chi connectivity index (χ1) is 7.89. The van der Waals surface area contributed by atoms with Crippen LogP contribution in [0.2, 0.25) is 0 Å². The van der Waals surface area contributed by atoms with Crippen LogP contribution in [0.1, 0.15) is 55.0 Å². The summed E-state index contributed by atoms with van der Waals surface area (Å²) in [5, 5.41) is 0. The normalized spacial score (nSPS) is 23.7. The van der Waals surface area contributed by atoms with Crippen molar-refractivity contribution >= 4 is 0 Å². The van der Waals surface area contributed by atoms with Crippen molar-refractivity contribution in [1.29, 1.82) is 0 Å². The van der Waals surface area contributed by atoms with Crippen LogP contribution < -0.4 is 0 Å². The van der Waals surface area contributed by atoms with E-state index < -0.39 is 0 Å². The zero-order chi connectivity index (χ0) is 12.6. The number of aryl methyl sites for hydroxylation is 3. The van der Waals surface area contributed by atoms with E-state index >= 15 is 0 Å². The molecule has 0 saturated carbocycles. The van der Waals surface area contributed by atoms with Crippen molar-refractivity contribution in [3.05, 3.63) is 34.4 Å². The van der Waals surface area contributed by atoms with E-state index in [0.717, 1.165) is 12.8 Å². The smallest absolute Gasteiger partial charge is 0.119 e. The first-order valence-corrected chi connectivity index (χ1v) is 6.31. The Hall–Kier alpha value is -0.860. The molecule has 0 aliphatic carbocycles.